The van der Waals surface area contributed by atoms with Crippen molar-refractivity contribution in [2.75, 3.05) is 0 Å². The first-order chi connectivity index (χ1) is 8.15. The van der Waals surface area contributed by atoms with E-state index in [1.807, 2.05) is 12.1 Å². The molecule has 0 fully saturated rings. The molecule has 0 bridgehead atoms. The average Bonchev–Trinajstić information content (AvgIpc) is 2.29. The number of pyridine rings is 1. The number of carbonyl (C=O) groups excluding carboxylic acids is 1. The minimum atomic E-state index is -0.510. The lowest BCUT2D eigenvalue weighted by atomic mass is 10.2. The number of rotatable bonds is 3. The fourth-order valence-electron chi connectivity index (χ4n) is 1.32. The van der Waals surface area contributed by atoms with Crippen molar-refractivity contribution < 1.29 is 9.53 Å². The summed E-state index contributed by atoms with van der Waals surface area (Å²) in [5.41, 5.74) is 6.32. The lowest BCUT2D eigenvalue weighted by Crippen LogP contribution is -2.10. The van der Waals surface area contributed by atoms with Gasteiger partial charge >= 0.3 is 0 Å². The SMILES string of the molecule is [CH2]c1cccc(Oc2ccc(C(N)=O)cn2)c1. The van der Waals surface area contributed by atoms with Gasteiger partial charge in [-0.25, -0.2) is 4.98 Å². The zero-order valence-electron chi connectivity index (χ0n) is 9.09. The van der Waals surface area contributed by atoms with E-state index in [0.717, 1.165) is 5.56 Å². The molecule has 0 saturated carbocycles. The molecule has 0 atom stereocenters. The lowest BCUT2D eigenvalue weighted by Gasteiger charge is -2.05. The second-order valence-corrected chi connectivity index (χ2v) is 3.50. The van der Waals surface area contributed by atoms with E-state index >= 15 is 0 Å². The number of ether oxygens (including phenoxy) is 1. The van der Waals surface area contributed by atoms with Crippen LogP contribution in [0.1, 0.15) is 15.9 Å². The minimum absolute atomic E-state index is 0.350. The van der Waals surface area contributed by atoms with Gasteiger partial charge in [0, 0.05) is 12.3 Å². The predicted molar refractivity (Wildman–Crippen MR) is 63.7 cm³/mol. The fourth-order valence-corrected chi connectivity index (χ4v) is 1.32. The van der Waals surface area contributed by atoms with Crippen molar-refractivity contribution in [1.82, 2.24) is 4.98 Å². The number of nitrogens with two attached hydrogens (primary N) is 1. The van der Waals surface area contributed by atoms with Gasteiger partial charge in [0.2, 0.25) is 11.8 Å². The Morgan fingerprint density at radius 3 is 2.71 bits per heavy atom. The third-order valence-electron chi connectivity index (χ3n) is 2.14. The summed E-state index contributed by atoms with van der Waals surface area (Å²) in [6.45, 7) is 3.80. The van der Waals surface area contributed by atoms with Crippen LogP contribution in [0.15, 0.2) is 42.6 Å². The maximum absolute atomic E-state index is 10.8. The summed E-state index contributed by atoms with van der Waals surface area (Å²) in [6, 6.07) is 10.5. The Labute approximate surface area is 99.1 Å². The van der Waals surface area contributed by atoms with E-state index in [0.29, 0.717) is 17.2 Å². The van der Waals surface area contributed by atoms with Crippen molar-refractivity contribution in [3.8, 4) is 11.6 Å². The van der Waals surface area contributed by atoms with Gasteiger partial charge in [-0.3, -0.25) is 4.79 Å². The van der Waals surface area contributed by atoms with E-state index in [2.05, 4.69) is 11.9 Å². The molecule has 1 radical (unpaired) electrons. The molecule has 17 heavy (non-hydrogen) atoms. The third kappa shape index (κ3) is 2.81. The third-order valence-corrected chi connectivity index (χ3v) is 2.14. The standard InChI is InChI=1S/C13H11N2O2/c1-9-3-2-4-11(7-9)17-12-6-5-10(8-15-12)13(14)16/h2-8H,1H2,(H2,14,16). The van der Waals surface area contributed by atoms with Gasteiger partial charge in [-0.05, 0) is 30.7 Å². The number of benzene rings is 1. The summed E-state index contributed by atoms with van der Waals surface area (Å²) in [6.07, 6.45) is 1.38. The second-order valence-electron chi connectivity index (χ2n) is 3.50. The first-order valence-electron chi connectivity index (χ1n) is 5.01. The van der Waals surface area contributed by atoms with Gasteiger partial charge in [0.05, 0.1) is 5.56 Å². The molecule has 85 valence electrons. The monoisotopic (exact) mass is 227 g/mol. The molecule has 0 spiro atoms. The summed E-state index contributed by atoms with van der Waals surface area (Å²) in [5, 5.41) is 0. The van der Waals surface area contributed by atoms with Crippen molar-refractivity contribution >= 4 is 5.91 Å². The van der Waals surface area contributed by atoms with E-state index in [1.165, 1.54) is 6.20 Å². The van der Waals surface area contributed by atoms with Crippen molar-refractivity contribution in [3.05, 3.63) is 60.6 Å². The van der Waals surface area contributed by atoms with E-state index in [4.69, 9.17) is 10.5 Å². The molecular weight excluding hydrogens is 216 g/mol. The zero-order chi connectivity index (χ0) is 12.3. The molecule has 2 rings (SSSR count). The number of aromatic nitrogens is 1. The van der Waals surface area contributed by atoms with Crippen LogP contribution in [-0.4, -0.2) is 10.9 Å². The van der Waals surface area contributed by atoms with Gasteiger partial charge in [0.1, 0.15) is 5.75 Å². The Hall–Kier alpha value is -2.36. The van der Waals surface area contributed by atoms with Crippen LogP contribution in [0.4, 0.5) is 0 Å². The van der Waals surface area contributed by atoms with Crippen LogP contribution in [0.5, 0.6) is 11.6 Å². The van der Waals surface area contributed by atoms with E-state index in [9.17, 15) is 4.79 Å². The Morgan fingerprint density at radius 1 is 1.29 bits per heavy atom. The number of nitrogens with zero attached hydrogens (tertiary/aromatic N) is 1. The zero-order valence-corrected chi connectivity index (χ0v) is 9.09. The van der Waals surface area contributed by atoms with Crippen LogP contribution in [-0.2, 0) is 0 Å². The molecule has 0 saturated heterocycles. The first kappa shape index (κ1) is 11.1. The molecule has 4 heteroatoms. The highest BCUT2D eigenvalue weighted by molar-refractivity contribution is 5.92. The topological polar surface area (TPSA) is 65.2 Å². The molecule has 0 aliphatic rings. The van der Waals surface area contributed by atoms with Crippen molar-refractivity contribution in [2.45, 2.75) is 0 Å². The highest BCUT2D eigenvalue weighted by Gasteiger charge is 2.02. The summed E-state index contributed by atoms with van der Waals surface area (Å²) >= 11 is 0. The van der Waals surface area contributed by atoms with Crippen LogP contribution < -0.4 is 10.5 Å². The normalized spacial score (nSPS) is 9.94. The van der Waals surface area contributed by atoms with Crippen LogP contribution in [0.25, 0.3) is 0 Å². The van der Waals surface area contributed by atoms with E-state index < -0.39 is 5.91 Å². The maximum Gasteiger partial charge on any atom is 0.250 e. The molecule has 1 aromatic carbocycles. The summed E-state index contributed by atoms with van der Waals surface area (Å²) < 4.78 is 5.49. The molecule has 1 heterocycles. The van der Waals surface area contributed by atoms with E-state index in [1.54, 1.807) is 24.3 Å². The molecule has 0 unspecified atom stereocenters. The molecule has 1 amide bonds. The molecular formula is C13H11N2O2. The highest BCUT2D eigenvalue weighted by Crippen LogP contribution is 2.20. The quantitative estimate of drug-likeness (QED) is 0.873. The fraction of sp³-hybridized carbons (Fsp3) is 0. The number of hydrogen-bond donors (Lipinski definition) is 1. The number of amides is 1. The van der Waals surface area contributed by atoms with Crippen molar-refractivity contribution in [1.29, 1.82) is 0 Å². The van der Waals surface area contributed by atoms with Crippen molar-refractivity contribution in [2.24, 2.45) is 5.73 Å². The largest absolute Gasteiger partial charge is 0.439 e. The molecule has 2 aromatic rings. The molecule has 1 aromatic heterocycles. The van der Waals surface area contributed by atoms with Crippen molar-refractivity contribution in [3.63, 3.8) is 0 Å². The maximum atomic E-state index is 10.8. The van der Waals surface area contributed by atoms with Crippen LogP contribution >= 0.6 is 0 Å². The minimum Gasteiger partial charge on any atom is -0.439 e. The van der Waals surface area contributed by atoms with Gasteiger partial charge in [0.25, 0.3) is 0 Å². The van der Waals surface area contributed by atoms with Gasteiger partial charge in [-0.1, -0.05) is 12.1 Å². The highest BCUT2D eigenvalue weighted by atomic mass is 16.5. The van der Waals surface area contributed by atoms with Gasteiger partial charge < -0.3 is 10.5 Å². The van der Waals surface area contributed by atoms with Gasteiger partial charge in [0.15, 0.2) is 0 Å². The summed E-state index contributed by atoms with van der Waals surface area (Å²) in [5.74, 6) is 0.543. The lowest BCUT2D eigenvalue weighted by molar-refractivity contribution is 0.1000. The average molecular weight is 227 g/mol. The van der Waals surface area contributed by atoms with Gasteiger partial charge in [-0.15, -0.1) is 0 Å². The Kier molecular flexibility index (Phi) is 3.05. The Morgan fingerprint density at radius 2 is 2.12 bits per heavy atom. The molecule has 2 N–H and O–H groups in total. The number of hydrogen-bond acceptors (Lipinski definition) is 3. The van der Waals surface area contributed by atoms with Crippen LogP contribution in [0.2, 0.25) is 0 Å². The summed E-state index contributed by atoms with van der Waals surface area (Å²) in [4.78, 5) is 14.8. The number of carbonyl (C=O) groups is 1. The van der Waals surface area contributed by atoms with Crippen LogP contribution in [0, 0.1) is 6.92 Å². The molecule has 0 aliphatic heterocycles. The Bertz CT molecular complexity index is 535. The van der Waals surface area contributed by atoms with Gasteiger partial charge in [-0.2, -0.15) is 0 Å². The second kappa shape index (κ2) is 4.65. The Balaban J connectivity index is 2.16. The predicted octanol–water partition coefficient (Wildman–Crippen LogP) is 2.15. The first-order valence-corrected chi connectivity index (χ1v) is 5.01. The smallest absolute Gasteiger partial charge is 0.250 e. The van der Waals surface area contributed by atoms with Crippen LogP contribution in [0.3, 0.4) is 0 Å². The summed E-state index contributed by atoms with van der Waals surface area (Å²) in [7, 11) is 0. The number of primary amides is 1. The molecule has 0 aliphatic carbocycles. The molecule has 4 nitrogen and oxygen atoms in total. The van der Waals surface area contributed by atoms with E-state index in [-0.39, 0.29) is 0 Å².